The molecule has 1 heterocycles. The molecule has 1 atom stereocenters. The molecule has 106 valence electrons. The highest BCUT2D eigenvalue weighted by molar-refractivity contribution is 7.09. The van der Waals surface area contributed by atoms with Crippen LogP contribution in [-0.4, -0.2) is 28.1 Å². The summed E-state index contributed by atoms with van der Waals surface area (Å²) < 4.78 is 0. The highest BCUT2D eigenvalue weighted by Gasteiger charge is 2.29. The molecule has 7 heteroatoms. The van der Waals surface area contributed by atoms with E-state index in [4.69, 9.17) is 5.11 Å². The van der Waals surface area contributed by atoms with Crippen molar-refractivity contribution in [2.75, 3.05) is 0 Å². The second-order valence-corrected chi connectivity index (χ2v) is 6.02. The molecule has 0 aliphatic heterocycles. The summed E-state index contributed by atoms with van der Waals surface area (Å²) in [5.74, 6) is -1.23. The van der Waals surface area contributed by atoms with Crippen LogP contribution in [0.1, 0.15) is 32.7 Å². The number of hydrogen-bond donors (Lipinski definition) is 3. The Morgan fingerprint density at radius 3 is 2.47 bits per heavy atom. The molecule has 0 unspecified atom stereocenters. The molecule has 6 nitrogen and oxygen atoms in total. The fourth-order valence-electron chi connectivity index (χ4n) is 1.56. The van der Waals surface area contributed by atoms with Gasteiger partial charge in [0, 0.05) is 11.6 Å². The zero-order valence-electron chi connectivity index (χ0n) is 11.4. The van der Waals surface area contributed by atoms with Crippen molar-refractivity contribution in [2.24, 2.45) is 5.92 Å². The molecule has 0 saturated carbocycles. The number of aromatic nitrogens is 1. The number of amides is 2. The molecule has 0 aliphatic carbocycles. The lowest BCUT2D eigenvalue weighted by atomic mass is 10.0. The lowest BCUT2D eigenvalue weighted by Crippen LogP contribution is -2.53. The Balaban J connectivity index is 2.67. The zero-order valence-corrected chi connectivity index (χ0v) is 12.2. The van der Waals surface area contributed by atoms with Crippen molar-refractivity contribution in [3.05, 3.63) is 16.6 Å². The smallest absolute Gasteiger partial charge is 0.326 e. The molecule has 2 amide bonds. The topological polar surface area (TPSA) is 91.3 Å². The Morgan fingerprint density at radius 2 is 2.05 bits per heavy atom. The predicted molar refractivity (Wildman–Crippen MR) is 73.1 cm³/mol. The fraction of sp³-hybridized carbons (Fsp3) is 0.583. The molecule has 0 saturated heterocycles. The first-order valence-corrected chi connectivity index (χ1v) is 6.83. The van der Waals surface area contributed by atoms with Gasteiger partial charge in [0.2, 0.25) is 0 Å². The van der Waals surface area contributed by atoms with E-state index in [-0.39, 0.29) is 5.92 Å². The number of carboxylic acids is 1. The molecule has 1 aromatic rings. The van der Waals surface area contributed by atoms with Gasteiger partial charge >= 0.3 is 12.0 Å². The van der Waals surface area contributed by atoms with Gasteiger partial charge in [0.05, 0.1) is 5.54 Å². The van der Waals surface area contributed by atoms with E-state index in [9.17, 15) is 9.59 Å². The minimum Gasteiger partial charge on any atom is -0.480 e. The maximum atomic E-state index is 11.9. The number of hydrogen-bond acceptors (Lipinski definition) is 4. The Bertz CT molecular complexity index is 443. The van der Waals surface area contributed by atoms with Gasteiger partial charge in [-0.15, -0.1) is 11.3 Å². The minimum absolute atomic E-state index is 0.189. The second kappa shape index (κ2) is 6.01. The highest BCUT2D eigenvalue weighted by atomic mass is 32.1. The van der Waals surface area contributed by atoms with Crippen molar-refractivity contribution in [2.45, 2.75) is 39.3 Å². The zero-order chi connectivity index (χ0) is 14.6. The molecule has 0 spiro atoms. The van der Waals surface area contributed by atoms with Gasteiger partial charge in [-0.3, -0.25) is 0 Å². The molecule has 0 bridgehead atoms. The standard InChI is InChI=1S/C12H19N3O3S/c1-7(2)8(9(16)17)14-11(18)15-12(3,4)10-13-5-6-19-10/h5-8H,1-4H3,(H,16,17)(H2,14,15,18)/t8-/m1/s1. The average molecular weight is 285 g/mol. The quantitative estimate of drug-likeness (QED) is 0.769. The van der Waals surface area contributed by atoms with E-state index in [2.05, 4.69) is 15.6 Å². The Labute approximate surface area is 116 Å². The van der Waals surface area contributed by atoms with Crippen LogP contribution < -0.4 is 10.6 Å². The molecule has 0 aromatic carbocycles. The monoisotopic (exact) mass is 285 g/mol. The summed E-state index contributed by atoms with van der Waals surface area (Å²) in [6, 6.07) is -1.42. The van der Waals surface area contributed by atoms with E-state index in [1.54, 1.807) is 20.0 Å². The molecule has 0 radical (unpaired) electrons. The molecule has 19 heavy (non-hydrogen) atoms. The van der Waals surface area contributed by atoms with E-state index < -0.39 is 23.6 Å². The van der Waals surface area contributed by atoms with Crippen molar-refractivity contribution in [1.29, 1.82) is 0 Å². The van der Waals surface area contributed by atoms with Crippen molar-refractivity contribution in [1.82, 2.24) is 15.6 Å². The number of thiazole rings is 1. The first kappa shape index (κ1) is 15.4. The van der Waals surface area contributed by atoms with Gasteiger partial charge in [0.15, 0.2) is 0 Å². The molecule has 1 rings (SSSR count). The number of carbonyl (C=O) groups excluding carboxylic acids is 1. The number of nitrogens with one attached hydrogen (secondary N) is 2. The van der Waals surface area contributed by atoms with Crippen LogP contribution >= 0.6 is 11.3 Å². The number of urea groups is 1. The predicted octanol–water partition coefficient (Wildman–Crippen LogP) is 1.79. The van der Waals surface area contributed by atoms with Gasteiger partial charge in [-0.2, -0.15) is 0 Å². The van der Waals surface area contributed by atoms with Crippen LogP contribution in [0.25, 0.3) is 0 Å². The Morgan fingerprint density at radius 1 is 1.42 bits per heavy atom. The van der Waals surface area contributed by atoms with Gasteiger partial charge < -0.3 is 15.7 Å². The maximum Gasteiger partial charge on any atom is 0.326 e. The van der Waals surface area contributed by atoms with Gasteiger partial charge in [0.25, 0.3) is 0 Å². The van der Waals surface area contributed by atoms with Gasteiger partial charge in [-0.25, -0.2) is 14.6 Å². The summed E-state index contributed by atoms with van der Waals surface area (Å²) in [7, 11) is 0. The van der Waals surface area contributed by atoms with Crippen LogP contribution in [0.5, 0.6) is 0 Å². The van der Waals surface area contributed by atoms with Gasteiger partial charge in [-0.05, 0) is 19.8 Å². The van der Waals surface area contributed by atoms with E-state index in [0.29, 0.717) is 0 Å². The maximum absolute atomic E-state index is 11.9. The van der Waals surface area contributed by atoms with Crippen LogP contribution in [0.15, 0.2) is 11.6 Å². The minimum atomic E-state index is -1.04. The number of carboxylic acid groups (broad SMARTS) is 1. The van der Waals surface area contributed by atoms with Crippen LogP contribution in [-0.2, 0) is 10.3 Å². The number of rotatable bonds is 5. The average Bonchev–Trinajstić information content (AvgIpc) is 2.78. The van der Waals surface area contributed by atoms with E-state index in [1.165, 1.54) is 11.3 Å². The normalized spacial score (nSPS) is 13.1. The van der Waals surface area contributed by atoms with Gasteiger partial charge in [-0.1, -0.05) is 13.8 Å². The Hall–Kier alpha value is -1.63. The van der Waals surface area contributed by atoms with Crippen molar-refractivity contribution in [3.8, 4) is 0 Å². The first-order chi connectivity index (χ1) is 8.74. The summed E-state index contributed by atoms with van der Waals surface area (Å²) in [6.07, 6.45) is 1.66. The van der Waals surface area contributed by atoms with Crippen molar-refractivity contribution >= 4 is 23.3 Å². The molecule has 1 aromatic heterocycles. The highest BCUT2D eigenvalue weighted by Crippen LogP contribution is 2.21. The molecule has 0 fully saturated rings. The van der Waals surface area contributed by atoms with Crippen LogP contribution in [0, 0.1) is 5.92 Å². The van der Waals surface area contributed by atoms with Crippen molar-refractivity contribution in [3.63, 3.8) is 0 Å². The molecule has 0 aliphatic rings. The van der Waals surface area contributed by atoms with Crippen LogP contribution in [0.4, 0.5) is 4.79 Å². The van der Waals surface area contributed by atoms with Crippen LogP contribution in [0.2, 0.25) is 0 Å². The first-order valence-electron chi connectivity index (χ1n) is 5.95. The largest absolute Gasteiger partial charge is 0.480 e. The lowest BCUT2D eigenvalue weighted by molar-refractivity contribution is -0.140. The number of nitrogens with zero attached hydrogens (tertiary/aromatic N) is 1. The van der Waals surface area contributed by atoms with E-state index in [1.807, 2.05) is 19.2 Å². The summed E-state index contributed by atoms with van der Waals surface area (Å²) in [6.45, 7) is 7.11. The number of aliphatic carboxylic acids is 1. The third-order valence-corrected chi connectivity index (χ3v) is 3.71. The second-order valence-electron chi connectivity index (χ2n) is 5.12. The summed E-state index contributed by atoms with van der Waals surface area (Å²) in [4.78, 5) is 27.0. The third kappa shape index (κ3) is 4.20. The SMILES string of the molecule is CC(C)[C@@H](NC(=O)NC(C)(C)c1nccs1)C(=O)O. The molecule has 3 N–H and O–H groups in total. The van der Waals surface area contributed by atoms with Gasteiger partial charge in [0.1, 0.15) is 11.0 Å². The Kier molecular flexibility index (Phi) is 4.88. The molecular formula is C12H19N3O3S. The fourth-order valence-corrected chi connectivity index (χ4v) is 2.28. The summed E-state index contributed by atoms with van der Waals surface area (Å²) in [5.41, 5.74) is -0.641. The summed E-state index contributed by atoms with van der Waals surface area (Å²) in [5, 5.41) is 16.8. The van der Waals surface area contributed by atoms with Crippen LogP contribution in [0.3, 0.4) is 0 Å². The molecular weight excluding hydrogens is 266 g/mol. The lowest BCUT2D eigenvalue weighted by Gasteiger charge is -2.26. The summed E-state index contributed by atoms with van der Waals surface area (Å²) >= 11 is 1.43. The third-order valence-electron chi connectivity index (χ3n) is 2.61. The van der Waals surface area contributed by atoms with Crippen molar-refractivity contribution < 1.29 is 14.7 Å². The van der Waals surface area contributed by atoms with E-state index in [0.717, 1.165) is 5.01 Å². The van der Waals surface area contributed by atoms with E-state index >= 15 is 0 Å². The number of carbonyl (C=O) groups is 2.